The Balaban J connectivity index is 0.00000261. The number of thiazole rings is 1. The van der Waals surface area contributed by atoms with E-state index in [1.165, 1.54) is 26.9 Å². The molecule has 27 heavy (non-hydrogen) atoms. The van der Waals surface area contributed by atoms with Crippen LogP contribution in [0.4, 0.5) is 0 Å². The lowest BCUT2D eigenvalue weighted by Gasteiger charge is -2.11. The van der Waals surface area contributed by atoms with Crippen LogP contribution in [0.15, 0.2) is 29.4 Å². The Hall–Kier alpha value is -1.61. The Morgan fingerprint density at radius 1 is 1.15 bits per heavy atom. The van der Waals surface area contributed by atoms with Gasteiger partial charge in [0.15, 0.2) is 5.96 Å². The van der Waals surface area contributed by atoms with Gasteiger partial charge in [-0.15, -0.1) is 35.3 Å². The summed E-state index contributed by atoms with van der Waals surface area (Å²) in [5.41, 5.74) is 5.00. The van der Waals surface area contributed by atoms with E-state index in [0.29, 0.717) is 0 Å². The number of nitrogens with one attached hydrogen (secondary N) is 3. The average Bonchev–Trinajstić information content (AvgIpc) is 3.17. The van der Waals surface area contributed by atoms with Crippen LogP contribution in [0.1, 0.15) is 26.7 Å². The predicted octanol–water partition coefficient (Wildman–Crippen LogP) is 4.12. The molecule has 0 bridgehead atoms. The van der Waals surface area contributed by atoms with Crippen LogP contribution in [0, 0.1) is 20.8 Å². The van der Waals surface area contributed by atoms with E-state index < -0.39 is 0 Å². The van der Waals surface area contributed by atoms with Gasteiger partial charge in [-0.2, -0.15) is 0 Å². The molecule has 0 aliphatic rings. The van der Waals surface area contributed by atoms with Crippen molar-refractivity contribution in [3.8, 4) is 0 Å². The first kappa shape index (κ1) is 21.7. The fourth-order valence-electron chi connectivity index (χ4n) is 3.21. The van der Waals surface area contributed by atoms with Crippen molar-refractivity contribution in [3.05, 3.63) is 51.1 Å². The molecule has 0 fully saturated rings. The largest absolute Gasteiger partial charge is 0.361 e. The molecular formula is C20H28IN5S. The van der Waals surface area contributed by atoms with Crippen molar-refractivity contribution in [2.75, 3.05) is 20.1 Å². The number of para-hydroxylation sites is 1. The molecule has 0 unspecified atom stereocenters. The molecule has 0 aliphatic heterocycles. The number of nitrogens with zero attached hydrogens (tertiary/aromatic N) is 2. The van der Waals surface area contributed by atoms with Crippen LogP contribution in [-0.4, -0.2) is 36.1 Å². The fourth-order valence-corrected chi connectivity index (χ4v) is 4.14. The maximum Gasteiger partial charge on any atom is 0.190 e. The molecule has 0 amide bonds. The molecule has 5 nitrogen and oxygen atoms in total. The lowest BCUT2D eigenvalue weighted by atomic mass is 10.1. The maximum atomic E-state index is 4.48. The molecule has 0 saturated heterocycles. The number of fused-ring (bicyclic) bond motifs is 1. The third-order valence-corrected chi connectivity index (χ3v) is 5.70. The van der Waals surface area contributed by atoms with Crippen LogP contribution in [-0.2, 0) is 12.8 Å². The number of guanidine groups is 1. The Morgan fingerprint density at radius 3 is 2.56 bits per heavy atom. The molecule has 146 valence electrons. The molecule has 7 heteroatoms. The molecular weight excluding hydrogens is 469 g/mol. The van der Waals surface area contributed by atoms with Gasteiger partial charge >= 0.3 is 0 Å². The van der Waals surface area contributed by atoms with E-state index in [9.17, 15) is 0 Å². The molecule has 2 heterocycles. The van der Waals surface area contributed by atoms with Crippen LogP contribution in [0.5, 0.6) is 0 Å². The van der Waals surface area contributed by atoms with E-state index in [0.717, 1.165) is 42.6 Å². The minimum atomic E-state index is 0. The molecule has 3 N–H and O–H groups in total. The van der Waals surface area contributed by atoms with Gasteiger partial charge in [0.1, 0.15) is 0 Å². The van der Waals surface area contributed by atoms with Gasteiger partial charge in [0, 0.05) is 48.5 Å². The number of H-pyrrole nitrogens is 1. The van der Waals surface area contributed by atoms with Gasteiger partial charge in [-0.3, -0.25) is 4.99 Å². The Morgan fingerprint density at radius 2 is 1.89 bits per heavy atom. The van der Waals surface area contributed by atoms with Gasteiger partial charge in [-0.25, -0.2) is 4.98 Å². The number of aromatic amines is 1. The summed E-state index contributed by atoms with van der Waals surface area (Å²) in [5, 5.41) is 9.24. The Kier molecular flexibility index (Phi) is 8.09. The van der Waals surface area contributed by atoms with Gasteiger partial charge in [0.25, 0.3) is 0 Å². The van der Waals surface area contributed by atoms with Crippen molar-refractivity contribution in [2.24, 2.45) is 4.99 Å². The van der Waals surface area contributed by atoms with Crippen LogP contribution in [0.2, 0.25) is 0 Å². The molecule has 1 aromatic carbocycles. The lowest BCUT2D eigenvalue weighted by molar-refractivity contribution is 0.787. The molecule has 0 saturated carbocycles. The SMILES string of the molecule is CN=C(NCCc1sc(C)nc1C)NCCc1c[nH]c2c(C)cccc12.I. The van der Waals surface area contributed by atoms with Gasteiger partial charge < -0.3 is 15.6 Å². The first-order valence-electron chi connectivity index (χ1n) is 9.01. The van der Waals surface area contributed by atoms with Crippen molar-refractivity contribution < 1.29 is 0 Å². The minimum Gasteiger partial charge on any atom is -0.361 e. The van der Waals surface area contributed by atoms with E-state index in [1.54, 1.807) is 11.3 Å². The number of rotatable bonds is 6. The highest BCUT2D eigenvalue weighted by Crippen LogP contribution is 2.21. The summed E-state index contributed by atoms with van der Waals surface area (Å²) >= 11 is 1.78. The summed E-state index contributed by atoms with van der Waals surface area (Å²) in [5.74, 6) is 0.847. The highest BCUT2D eigenvalue weighted by Gasteiger charge is 2.07. The smallest absolute Gasteiger partial charge is 0.190 e. The van der Waals surface area contributed by atoms with E-state index in [2.05, 4.69) is 70.8 Å². The summed E-state index contributed by atoms with van der Waals surface area (Å²) in [6, 6.07) is 6.44. The molecule has 3 aromatic rings. The van der Waals surface area contributed by atoms with Crippen molar-refractivity contribution in [1.29, 1.82) is 0 Å². The lowest BCUT2D eigenvalue weighted by Crippen LogP contribution is -2.39. The second kappa shape index (κ2) is 10.1. The summed E-state index contributed by atoms with van der Waals surface area (Å²) in [7, 11) is 1.81. The summed E-state index contributed by atoms with van der Waals surface area (Å²) in [6.45, 7) is 7.97. The Bertz CT molecular complexity index is 912. The first-order valence-corrected chi connectivity index (χ1v) is 9.83. The summed E-state index contributed by atoms with van der Waals surface area (Å²) in [6.07, 6.45) is 4.04. The number of aliphatic imine (C=N–C) groups is 1. The second-order valence-electron chi connectivity index (χ2n) is 6.48. The summed E-state index contributed by atoms with van der Waals surface area (Å²) < 4.78 is 0. The van der Waals surface area contributed by atoms with E-state index >= 15 is 0 Å². The van der Waals surface area contributed by atoms with E-state index in [4.69, 9.17) is 0 Å². The summed E-state index contributed by atoms with van der Waals surface area (Å²) in [4.78, 5) is 13.5. The molecule has 0 atom stereocenters. The Labute approximate surface area is 182 Å². The molecule has 3 rings (SSSR count). The number of halogens is 1. The predicted molar refractivity (Wildman–Crippen MR) is 127 cm³/mol. The number of hydrogen-bond donors (Lipinski definition) is 3. The van der Waals surface area contributed by atoms with Crippen molar-refractivity contribution in [2.45, 2.75) is 33.6 Å². The average molecular weight is 497 g/mol. The maximum absolute atomic E-state index is 4.48. The van der Waals surface area contributed by atoms with Crippen LogP contribution < -0.4 is 10.6 Å². The van der Waals surface area contributed by atoms with Gasteiger partial charge in [0.2, 0.25) is 0 Å². The van der Waals surface area contributed by atoms with Crippen LogP contribution in [0.3, 0.4) is 0 Å². The molecule has 0 aliphatic carbocycles. The van der Waals surface area contributed by atoms with Gasteiger partial charge in [-0.1, -0.05) is 18.2 Å². The van der Waals surface area contributed by atoms with E-state index in [-0.39, 0.29) is 24.0 Å². The third kappa shape index (κ3) is 5.44. The molecule has 0 radical (unpaired) electrons. The fraction of sp³-hybridized carbons (Fsp3) is 0.400. The number of aryl methyl sites for hydroxylation is 3. The number of hydrogen-bond acceptors (Lipinski definition) is 3. The zero-order valence-electron chi connectivity index (χ0n) is 16.3. The topological polar surface area (TPSA) is 65.1 Å². The van der Waals surface area contributed by atoms with Crippen molar-refractivity contribution in [3.63, 3.8) is 0 Å². The monoisotopic (exact) mass is 497 g/mol. The van der Waals surface area contributed by atoms with Crippen LogP contribution in [0.25, 0.3) is 10.9 Å². The van der Waals surface area contributed by atoms with Crippen molar-refractivity contribution >= 4 is 52.2 Å². The quantitative estimate of drug-likeness (QED) is 0.273. The zero-order chi connectivity index (χ0) is 18.5. The van der Waals surface area contributed by atoms with Crippen LogP contribution >= 0.6 is 35.3 Å². The zero-order valence-corrected chi connectivity index (χ0v) is 19.5. The third-order valence-electron chi connectivity index (χ3n) is 4.56. The number of aromatic nitrogens is 2. The minimum absolute atomic E-state index is 0. The highest BCUT2D eigenvalue weighted by molar-refractivity contribution is 14.0. The second-order valence-corrected chi connectivity index (χ2v) is 7.77. The first-order chi connectivity index (χ1) is 12.6. The highest BCUT2D eigenvalue weighted by atomic mass is 127. The van der Waals surface area contributed by atoms with Crippen molar-refractivity contribution in [1.82, 2.24) is 20.6 Å². The number of benzene rings is 1. The molecule has 0 spiro atoms. The normalized spacial score (nSPS) is 11.5. The van der Waals surface area contributed by atoms with E-state index in [1.807, 2.05) is 7.05 Å². The standard InChI is InChI=1S/C20H27N5S.HI/c1-13-6-5-7-17-16(12-24-19(13)17)8-10-22-20(21-4)23-11-9-18-14(2)25-15(3)26-18;/h5-7,12,24H,8-11H2,1-4H3,(H2,21,22,23);1H. The molecule has 2 aromatic heterocycles. The van der Waals surface area contributed by atoms with Gasteiger partial charge in [-0.05, 0) is 38.3 Å². The van der Waals surface area contributed by atoms with Gasteiger partial charge in [0.05, 0.1) is 10.7 Å².